The Balaban J connectivity index is 2.57. The van der Waals surface area contributed by atoms with Gasteiger partial charge in [-0.1, -0.05) is 13.3 Å². The molecule has 0 saturated heterocycles. The first-order chi connectivity index (χ1) is 9.43. The van der Waals surface area contributed by atoms with Gasteiger partial charge in [-0.3, -0.25) is 23.9 Å². The Morgan fingerprint density at radius 2 is 2.15 bits per heavy atom. The fraction of sp³-hybridized carbons (Fsp3) is 0.500. The summed E-state index contributed by atoms with van der Waals surface area (Å²) < 4.78 is 1.03. The van der Waals surface area contributed by atoms with Crippen LogP contribution in [-0.2, 0) is 16.1 Å². The van der Waals surface area contributed by atoms with Gasteiger partial charge in [-0.2, -0.15) is 0 Å². The van der Waals surface area contributed by atoms with Gasteiger partial charge in [0.2, 0.25) is 5.91 Å². The van der Waals surface area contributed by atoms with Crippen molar-refractivity contribution in [2.45, 2.75) is 26.3 Å². The standard InChI is InChI=1S/C12H17N3O5/c1-2-3-8(11(18)19)6-13-10(17)7-15-5-4-9(16)14-12(15)20/h4-5,8H,2-3,6-7H2,1H3,(H,13,17)(H,18,19)(H,14,16,20). The quantitative estimate of drug-likeness (QED) is 0.602. The summed E-state index contributed by atoms with van der Waals surface area (Å²) in [6.45, 7) is 1.60. The Kier molecular flexibility index (Phi) is 5.70. The maximum atomic E-state index is 11.6. The van der Waals surface area contributed by atoms with Crippen molar-refractivity contribution < 1.29 is 14.7 Å². The molecular formula is C12H17N3O5. The monoisotopic (exact) mass is 283 g/mol. The number of nitrogens with one attached hydrogen (secondary N) is 2. The van der Waals surface area contributed by atoms with Crippen molar-refractivity contribution in [1.82, 2.24) is 14.9 Å². The van der Waals surface area contributed by atoms with Crippen molar-refractivity contribution in [2.75, 3.05) is 6.54 Å². The van der Waals surface area contributed by atoms with E-state index in [0.29, 0.717) is 12.8 Å². The lowest BCUT2D eigenvalue weighted by Gasteiger charge is -2.12. The van der Waals surface area contributed by atoms with E-state index >= 15 is 0 Å². The van der Waals surface area contributed by atoms with Crippen molar-refractivity contribution in [2.24, 2.45) is 5.92 Å². The Morgan fingerprint density at radius 1 is 1.45 bits per heavy atom. The van der Waals surface area contributed by atoms with Crippen LogP contribution in [0.25, 0.3) is 0 Å². The Bertz CT molecular complexity index is 589. The van der Waals surface area contributed by atoms with E-state index in [4.69, 9.17) is 5.11 Å². The van der Waals surface area contributed by atoms with E-state index in [1.54, 1.807) is 0 Å². The van der Waals surface area contributed by atoms with Crippen molar-refractivity contribution in [3.05, 3.63) is 33.1 Å². The Morgan fingerprint density at radius 3 is 2.70 bits per heavy atom. The molecule has 1 rings (SSSR count). The summed E-state index contributed by atoms with van der Waals surface area (Å²) in [5, 5.41) is 11.4. The normalized spacial score (nSPS) is 11.8. The summed E-state index contributed by atoms with van der Waals surface area (Å²) in [5.74, 6) is -2.09. The molecule has 0 saturated carbocycles. The summed E-state index contributed by atoms with van der Waals surface area (Å²) >= 11 is 0. The van der Waals surface area contributed by atoms with Crippen molar-refractivity contribution >= 4 is 11.9 Å². The summed E-state index contributed by atoms with van der Waals surface area (Å²) in [4.78, 5) is 46.8. The second-order valence-electron chi connectivity index (χ2n) is 4.37. The van der Waals surface area contributed by atoms with Gasteiger partial charge in [0.05, 0.1) is 5.92 Å². The molecule has 8 nitrogen and oxygen atoms in total. The van der Waals surface area contributed by atoms with Crippen LogP contribution in [0.5, 0.6) is 0 Å². The fourth-order valence-electron chi connectivity index (χ4n) is 1.68. The van der Waals surface area contributed by atoms with Crippen LogP contribution in [-0.4, -0.2) is 33.1 Å². The third-order valence-corrected chi connectivity index (χ3v) is 2.74. The van der Waals surface area contributed by atoms with Crippen LogP contribution in [0.3, 0.4) is 0 Å². The molecule has 1 atom stereocenters. The molecule has 1 amide bonds. The van der Waals surface area contributed by atoms with E-state index in [9.17, 15) is 19.2 Å². The largest absolute Gasteiger partial charge is 0.481 e. The van der Waals surface area contributed by atoms with Crippen LogP contribution in [0.1, 0.15) is 19.8 Å². The number of aliphatic carboxylic acids is 1. The summed E-state index contributed by atoms with van der Waals surface area (Å²) in [5.41, 5.74) is -1.23. The SMILES string of the molecule is CCCC(CNC(=O)Cn1ccc(=O)[nH]c1=O)C(=O)O. The average molecular weight is 283 g/mol. The first-order valence-electron chi connectivity index (χ1n) is 6.23. The molecule has 1 aromatic heterocycles. The van der Waals surface area contributed by atoms with Crippen LogP contribution in [0.2, 0.25) is 0 Å². The highest BCUT2D eigenvalue weighted by Crippen LogP contribution is 2.04. The Hall–Kier alpha value is -2.38. The van der Waals surface area contributed by atoms with Crippen LogP contribution in [0.15, 0.2) is 21.9 Å². The molecule has 1 unspecified atom stereocenters. The van der Waals surface area contributed by atoms with Crippen molar-refractivity contribution in [3.8, 4) is 0 Å². The van der Waals surface area contributed by atoms with Gasteiger partial charge < -0.3 is 10.4 Å². The number of carboxylic acid groups (broad SMARTS) is 1. The number of rotatable bonds is 7. The second kappa shape index (κ2) is 7.27. The summed E-state index contributed by atoms with van der Waals surface area (Å²) in [7, 11) is 0. The molecule has 1 heterocycles. The smallest absolute Gasteiger partial charge is 0.328 e. The van der Waals surface area contributed by atoms with E-state index in [2.05, 4.69) is 5.32 Å². The maximum Gasteiger partial charge on any atom is 0.328 e. The molecule has 0 fully saturated rings. The number of hydrogen-bond donors (Lipinski definition) is 3. The minimum absolute atomic E-state index is 0.0140. The van der Waals surface area contributed by atoms with Crippen molar-refractivity contribution in [1.29, 1.82) is 0 Å². The molecule has 0 bridgehead atoms. The number of hydrogen-bond acceptors (Lipinski definition) is 4. The number of carbonyl (C=O) groups is 2. The van der Waals surface area contributed by atoms with Gasteiger partial charge >= 0.3 is 11.7 Å². The van der Waals surface area contributed by atoms with Gasteiger partial charge in [-0.15, -0.1) is 0 Å². The highest BCUT2D eigenvalue weighted by atomic mass is 16.4. The van der Waals surface area contributed by atoms with Gasteiger partial charge in [0.1, 0.15) is 6.54 Å². The maximum absolute atomic E-state index is 11.6. The molecule has 0 aliphatic carbocycles. The second-order valence-corrected chi connectivity index (χ2v) is 4.37. The van der Waals surface area contributed by atoms with Gasteiger partial charge in [0.25, 0.3) is 5.56 Å². The lowest BCUT2D eigenvalue weighted by Crippen LogP contribution is -2.38. The van der Waals surface area contributed by atoms with E-state index in [-0.39, 0.29) is 13.1 Å². The number of carboxylic acids is 1. The van der Waals surface area contributed by atoms with E-state index in [1.807, 2.05) is 11.9 Å². The predicted octanol–water partition coefficient (Wildman–Crippen LogP) is -0.846. The Labute approximate surface area is 114 Å². The molecule has 110 valence electrons. The lowest BCUT2D eigenvalue weighted by molar-refractivity contribution is -0.141. The third-order valence-electron chi connectivity index (χ3n) is 2.74. The third kappa shape index (κ3) is 4.71. The highest BCUT2D eigenvalue weighted by Gasteiger charge is 2.17. The average Bonchev–Trinajstić information content (AvgIpc) is 2.37. The zero-order valence-electron chi connectivity index (χ0n) is 11.1. The number of H-pyrrole nitrogens is 1. The fourth-order valence-corrected chi connectivity index (χ4v) is 1.68. The molecule has 20 heavy (non-hydrogen) atoms. The molecule has 1 aromatic rings. The number of aromatic amines is 1. The number of nitrogens with zero attached hydrogens (tertiary/aromatic N) is 1. The van der Waals surface area contributed by atoms with E-state index in [1.165, 1.54) is 6.20 Å². The first kappa shape index (κ1) is 15.7. The zero-order chi connectivity index (χ0) is 15.1. The molecule has 3 N–H and O–H groups in total. The molecular weight excluding hydrogens is 266 g/mol. The highest BCUT2D eigenvalue weighted by molar-refractivity contribution is 5.77. The molecule has 0 aromatic carbocycles. The van der Waals surface area contributed by atoms with Gasteiger partial charge in [-0.25, -0.2) is 4.79 Å². The summed E-state index contributed by atoms with van der Waals surface area (Å²) in [6, 6.07) is 1.13. The van der Waals surface area contributed by atoms with Crippen LogP contribution in [0, 0.1) is 5.92 Å². The summed E-state index contributed by atoms with van der Waals surface area (Å²) in [6.07, 6.45) is 2.38. The van der Waals surface area contributed by atoms with Crippen LogP contribution in [0.4, 0.5) is 0 Å². The minimum Gasteiger partial charge on any atom is -0.481 e. The first-order valence-corrected chi connectivity index (χ1v) is 6.23. The van der Waals surface area contributed by atoms with Crippen LogP contribution < -0.4 is 16.6 Å². The molecule has 0 radical (unpaired) electrons. The van der Waals surface area contributed by atoms with Gasteiger partial charge in [0, 0.05) is 18.8 Å². The molecule has 8 heteroatoms. The molecule has 0 aliphatic rings. The molecule has 0 aliphatic heterocycles. The van der Waals surface area contributed by atoms with E-state index in [0.717, 1.165) is 10.6 Å². The zero-order valence-corrected chi connectivity index (χ0v) is 11.1. The van der Waals surface area contributed by atoms with Crippen molar-refractivity contribution in [3.63, 3.8) is 0 Å². The lowest BCUT2D eigenvalue weighted by atomic mass is 10.0. The topological polar surface area (TPSA) is 121 Å². The van der Waals surface area contributed by atoms with Gasteiger partial charge in [-0.05, 0) is 6.42 Å². The molecule has 0 spiro atoms. The van der Waals surface area contributed by atoms with Crippen LogP contribution >= 0.6 is 0 Å². The number of amides is 1. The number of aromatic nitrogens is 2. The predicted molar refractivity (Wildman–Crippen MR) is 70.4 cm³/mol. The van der Waals surface area contributed by atoms with E-state index < -0.39 is 29.0 Å². The number of carbonyl (C=O) groups excluding carboxylic acids is 1. The van der Waals surface area contributed by atoms with Gasteiger partial charge in [0.15, 0.2) is 0 Å². The minimum atomic E-state index is -0.964.